The van der Waals surface area contributed by atoms with Gasteiger partial charge in [0, 0.05) is 6.04 Å². The van der Waals surface area contributed by atoms with Gasteiger partial charge in [-0.1, -0.05) is 19.3 Å². The lowest BCUT2D eigenvalue weighted by atomic mass is 9.94. The number of carbonyl (C=O) groups excluding carboxylic acids is 1. The van der Waals surface area contributed by atoms with E-state index in [1.165, 1.54) is 32.1 Å². The maximum Gasteiger partial charge on any atom is 0.133 e. The molecule has 0 spiro atoms. The SMILES string of the molecule is CN(CC=O)C1CCCCC1. The van der Waals surface area contributed by atoms with Gasteiger partial charge in [-0.05, 0) is 19.9 Å². The summed E-state index contributed by atoms with van der Waals surface area (Å²) in [6.45, 7) is 0.602. The quantitative estimate of drug-likeness (QED) is 0.575. The summed E-state index contributed by atoms with van der Waals surface area (Å²) in [5.41, 5.74) is 0. The van der Waals surface area contributed by atoms with Gasteiger partial charge in [-0.15, -0.1) is 0 Å². The molecule has 64 valence electrons. The Morgan fingerprint density at radius 1 is 1.36 bits per heavy atom. The maximum atomic E-state index is 10.2. The van der Waals surface area contributed by atoms with Crippen molar-refractivity contribution < 1.29 is 4.79 Å². The number of hydrogen-bond acceptors (Lipinski definition) is 2. The first-order chi connectivity index (χ1) is 5.34. The van der Waals surface area contributed by atoms with E-state index in [9.17, 15) is 4.79 Å². The Bertz CT molecular complexity index is 119. The van der Waals surface area contributed by atoms with Crippen molar-refractivity contribution in [2.24, 2.45) is 0 Å². The molecule has 0 unspecified atom stereocenters. The molecule has 2 heteroatoms. The molecule has 1 fully saturated rings. The highest BCUT2D eigenvalue weighted by Crippen LogP contribution is 2.20. The van der Waals surface area contributed by atoms with Gasteiger partial charge in [-0.3, -0.25) is 4.90 Å². The number of likely N-dealkylation sites (N-methyl/N-ethyl adjacent to an activating group) is 1. The van der Waals surface area contributed by atoms with Crippen molar-refractivity contribution in [1.82, 2.24) is 4.90 Å². The lowest BCUT2D eigenvalue weighted by molar-refractivity contribution is -0.109. The summed E-state index contributed by atoms with van der Waals surface area (Å²) in [7, 11) is 2.05. The maximum absolute atomic E-state index is 10.2. The normalized spacial score (nSPS) is 20.5. The van der Waals surface area contributed by atoms with Crippen molar-refractivity contribution in [3.63, 3.8) is 0 Å². The molecule has 0 aliphatic heterocycles. The van der Waals surface area contributed by atoms with Crippen LogP contribution in [0.25, 0.3) is 0 Å². The Hall–Kier alpha value is -0.370. The summed E-state index contributed by atoms with van der Waals surface area (Å²) in [4.78, 5) is 12.4. The Kier molecular flexibility index (Phi) is 3.57. The van der Waals surface area contributed by atoms with Gasteiger partial charge in [-0.2, -0.15) is 0 Å². The van der Waals surface area contributed by atoms with Crippen molar-refractivity contribution in [2.45, 2.75) is 38.1 Å². The molecule has 0 aromatic heterocycles. The van der Waals surface area contributed by atoms with Crippen LogP contribution in [0.5, 0.6) is 0 Å². The molecule has 1 aliphatic carbocycles. The fourth-order valence-corrected chi connectivity index (χ4v) is 1.79. The van der Waals surface area contributed by atoms with Gasteiger partial charge in [-0.25, -0.2) is 0 Å². The van der Waals surface area contributed by atoms with Crippen molar-refractivity contribution >= 4 is 6.29 Å². The molecule has 1 aliphatic rings. The second kappa shape index (κ2) is 4.50. The van der Waals surface area contributed by atoms with E-state index in [1.807, 2.05) is 7.05 Å². The lowest BCUT2D eigenvalue weighted by Gasteiger charge is -2.29. The summed E-state index contributed by atoms with van der Waals surface area (Å²) in [5, 5.41) is 0. The zero-order valence-electron chi connectivity index (χ0n) is 7.25. The molecule has 1 rings (SSSR count). The molecular weight excluding hydrogens is 138 g/mol. The standard InChI is InChI=1S/C9H17NO/c1-10(7-8-11)9-5-3-2-4-6-9/h8-9H,2-7H2,1H3. The van der Waals surface area contributed by atoms with E-state index in [-0.39, 0.29) is 0 Å². The van der Waals surface area contributed by atoms with Crippen molar-refractivity contribution in [2.75, 3.05) is 13.6 Å². The number of carbonyl (C=O) groups is 1. The zero-order chi connectivity index (χ0) is 8.10. The van der Waals surface area contributed by atoms with E-state index in [1.54, 1.807) is 0 Å². The Balaban J connectivity index is 2.26. The molecule has 0 N–H and O–H groups in total. The van der Waals surface area contributed by atoms with Gasteiger partial charge in [0.25, 0.3) is 0 Å². The Labute approximate surface area is 68.6 Å². The first-order valence-corrected chi connectivity index (χ1v) is 4.48. The van der Waals surface area contributed by atoms with E-state index < -0.39 is 0 Å². The van der Waals surface area contributed by atoms with E-state index in [4.69, 9.17) is 0 Å². The van der Waals surface area contributed by atoms with Gasteiger partial charge in [0.1, 0.15) is 6.29 Å². The second-order valence-corrected chi connectivity index (χ2v) is 3.40. The predicted octanol–water partition coefficient (Wildman–Crippen LogP) is 1.45. The van der Waals surface area contributed by atoms with E-state index >= 15 is 0 Å². The summed E-state index contributed by atoms with van der Waals surface area (Å²) in [6, 6.07) is 0.675. The van der Waals surface area contributed by atoms with Crippen molar-refractivity contribution in [3.8, 4) is 0 Å². The highest BCUT2D eigenvalue weighted by Gasteiger charge is 2.16. The van der Waals surface area contributed by atoms with E-state index in [0.717, 1.165) is 6.29 Å². The largest absolute Gasteiger partial charge is 0.302 e. The molecule has 11 heavy (non-hydrogen) atoms. The van der Waals surface area contributed by atoms with Gasteiger partial charge >= 0.3 is 0 Å². The molecule has 0 amide bonds. The minimum absolute atomic E-state index is 0.602. The Morgan fingerprint density at radius 2 is 2.00 bits per heavy atom. The van der Waals surface area contributed by atoms with Gasteiger partial charge in [0.15, 0.2) is 0 Å². The fraction of sp³-hybridized carbons (Fsp3) is 0.889. The summed E-state index contributed by atoms with van der Waals surface area (Å²) < 4.78 is 0. The number of nitrogens with zero attached hydrogens (tertiary/aromatic N) is 1. The molecule has 0 aromatic carbocycles. The molecule has 2 nitrogen and oxygen atoms in total. The van der Waals surface area contributed by atoms with Gasteiger partial charge in [0.05, 0.1) is 6.54 Å². The van der Waals surface area contributed by atoms with Crippen molar-refractivity contribution in [1.29, 1.82) is 0 Å². The van der Waals surface area contributed by atoms with E-state index in [0.29, 0.717) is 12.6 Å². The smallest absolute Gasteiger partial charge is 0.133 e. The molecule has 0 heterocycles. The average molecular weight is 155 g/mol. The first-order valence-electron chi connectivity index (χ1n) is 4.48. The molecule has 0 atom stereocenters. The Morgan fingerprint density at radius 3 is 2.55 bits per heavy atom. The topological polar surface area (TPSA) is 20.3 Å². The second-order valence-electron chi connectivity index (χ2n) is 3.40. The van der Waals surface area contributed by atoms with Crippen LogP contribution in [0.4, 0.5) is 0 Å². The molecule has 0 saturated heterocycles. The van der Waals surface area contributed by atoms with Crippen LogP contribution in [-0.2, 0) is 4.79 Å². The minimum atomic E-state index is 0.602. The molecular formula is C9H17NO. The van der Waals surface area contributed by atoms with Crippen LogP contribution in [0.1, 0.15) is 32.1 Å². The highest BCUT2D eigenvalue weighted by atomic mass is 16.1. The average Bonchev–Trinajstić information content (AvgIpc) is 2.07. The van der Waals surface area contributed by atoms with Crippen LogP contribution in [0.3, 0.4) is 0 Å². The van der Waals surface area contributed by atoms with Crippen molar-refractivity contribution in [3.05, 3.63) is 0 Å². The zero-order valence-corrected chi connectivity index (χ0v) is 7.25. The van der Waals surface area contributed by atoms with Gasteiger partial charge in [0.2, 0.25) is 0 Å². The number of hydrogen-bond donors (Lipinski definition) is 0. The van der Waals surface area contributed by atoms with E-state index in [2.05, 4.69) is 4.90 Å². The monoisotopic (exact) mass is 155 g/mol. The van der Waals surface area contributed by atoms with Crippen LogP contribution in [0, 0.1) is 0 Å². The minimum Gasteiger partial charge on any atom is -0.302 e. The first kappa shape index (κ1) is 8.72. The molecule has 0 radical (unpaired) electrons. The molecule has 0 bridgehead atoms. The van der Waals surface area contributed by atoms with Gasteiger partial charge < -0.3 is 4.79 Å². The highest BCUT2D eigenvalue weighted by molar-refractivity contribution is 5.51. The van der Waals surface area contributed by atoms with Crippen LogP contribution in [0.2, 0.25) is 0 Å². The number of aldehydes is 1. The third kappa shape index (κ3) is 2.62. The van der Waals surface area contributed by atoms with Crippen LogP contribution >= 0.6 is 0 Å². The van der Waals surface area contributed by atoms with Crippen LogP contribution in [-0.4, -0.2) is 30.8 Å². The molecule has 0 aromatic rings. The van der Waals surface area contributed by atoms with Crippen LogP contribution in [0.15, 0.2) is 0 Å². The third-order valence-corrected chi connectivity index (χ3v) is 2.56. The number of rotatable bonds is 3. The summed E-state index contributed by atoms with van der Waals surface area (Å²) in [6.07, 6.45) is 7.62. The van der Waals surface area contributed by atoms with Crippen LogP contribution < -0.4 is 0 Å². The third-order valence-electron chi connectivity index (χ3n) is 2.56. The molecule has 1 saturated carbocycles. The predicted molar refractivity (Wildman–Crippen MR) is 45.6 cm³/mol. The lowest BCUT2D eigenvalue weighted by Crippen LogP contribution is -2.34. The summed E-state index contributed by atoms with van der Waals surface area (Å²) in [5.74, 6) is 0. The summed E-state index contributed by atoms with van der Waals surface area (Å²) >= 11 is 0. The fourth-order valence-electron chi connectivity index (χ4n) is 1.79.